The van der Waals surface area contributed by atoms with E-state index in [1.807, 2.05) is 30.5 Å². The molecule has 0 aliphatic carbocycles. The van der Waals surface area contributed by atoms with Crippen LogP contribution in [-0.2, 0) is 6.54 Å². The van der Waals surface area contributed by atoms with E-state index in [4.69, 9.17) is 28.9 Å². The molecule has 17 heavy (non-hydrogen) atoms. The van der Waals surface area contributed by atoms with Crippen molar-refractivity contribution < 1.29 is 0 Å². The highest BCUT2D eigenvalue weighted by molar-refractivity contribution is 6.43. The second kappa shape index (κ2) is 4.59. The van der Waals surface area contributed by atoms with E-state index in [-0.39, 0.29) is 0 Å². The molecule has 1 heterocycles. The molecule has 0 saturated carbocycles. The Balaban J connectivity index is 2.65. The Labute approximate surface area is 110 Å². The molecule has 5 heteroatoms. The molecule has 2 N–H and O–H groups in total. The number of benzene rings is 1. The van der Waals surface area contributed by atoms with Crippen LogP contribution in [0.25, 0.3) is 11.3 Å². The van der Waals surface area contributed by atoms with E-state index in [1.54, 1.807) is 6.07 Å². The van der Waals surface area contributed by atoms with Gasteiger partial charge in [-0.1, -0.05) is 35.3 Å². The number of nitrogen functional groups attached to an aromatic ring is 1. The third-order valence-electron chi connectivity index (χ3n) is 2.72. The second-order valence-corrected chi connectivity index (χ2v) is 4.52. The van der Waals surface area contributed by atoms with Crippen molar-refractivity contribution in [3.8, 4) is 11.3 Å². The van der Waals surface area contributed by atoms with Crippen LogP contribution in [0.4, 0.5) is 5.82 Å². The fourth-order valence-corrected chi connectivity index (χ4v) is 2.26. The van der Waals surface area contributed by atoms with Gasteiger partial charge in [-0.15, -0.1) is 0 Å². The molecular weight excluding hydrogens is 257 g/mol. The number of rotatable bonds is 2. The van der Waals surface area contributed by atoms with E-state index in [0.29, 0.717) is 21.6 Å². The molecule has 1 aromatic carbocycles. The van der Waals surface area contributed by atoms with Crippen LogP contribution < -0.4 is 5.73 Å². The maximum atomic E-state index is 6.17. The molecular formula is C12H13Cl2N3. The minimum Gasteiger partial charge on any atom is -0.383 e. The van der Waals surface area contributed by atoms with E-state index >= 15 is 0 Å². The maximum Gasteiger partial charge on any atom is 0.131 e. The molecule has 0 fully saturated rings. The summed E-state index contributed by atoms with van der Waals surface area (Å²) in [6.45, 7) is 4.72. The van der Waals surface area contributed by atoms with Gasteiger partial charge in [0.2, 0.25) is 0 Å². The zero-order valence-electron chi connectivity index (χ0n) is 9.67. The number of nitrogens with two attached hydrogens (primary N) is 1. The number of hydrogen-bond donors (Lipinski definition) is 1. The van der Waals surface area contributed by atoms with Crippen LogP contribution >= 0.6 is 23.2 Å². The highest BCUT2D eigenvalue weighted by atomic mass is 35.5. The fraction of sp³-hybridized carbons (Fsp3) is 0.250. The molecule has 0 amide bonds. The molecule has 1 aromatic heterocycles. The third-order valence-corrected chi connectivity index (χ3v) is 3.54. The Morgan fingerprint density at radius 3 is 2.65 bits per heavy atom. The van der Waals surface area contributed by atoms with Crippen molar-refractivity contribution >= 4 is 29.0 Å². The average Bonchev–Trinajstić information content (AvgIpc) is 2.58. The lowest BCUT2D eigenvalue weighted by Gasteiger charge is -2.05. The number of imidazole rings is 1. The number of nitrogens with zero attached hydrogens (tertiary/aromatic N) is 2. The molecule has 3 nitrogen and oxygen atoms in total. The van der Waals surface area contributed by atoms with Gasteiger partial charge in [-0.3, -0.25) is 0 Å². The van der Waals surface area contributed by atoms with Gasteiger partial charge in [0.25, 0.3) is 0 Å². The van der Waals surface area contributed by atoms with E-state index in [0.717, 1.165) is 17.9 Å². The molecule has 0 atom stereocenters. The molecule has 2 aromatic rings. The number of aromatic nitrogens is 2. The van der Waals surface area contributed by atoms with Gasteiger partial charge < -0.3 is 10.3 Å². The van der Waals surface area contributed by atoms with Crippen molar-refractivity contribution in [2.24, 2.45) is 0 Å². The third kappa shape index (κ3) is 2.01. The topological polar surface area (TPSA) is 43.8 Å². The first-order valence-electron chi connectivity index (χ1n) is 5.33. The van der Waals surface area contributed by atoms with Crippen molar-refractivity contribution in [3.63, 3.8) is 0 Å². The summed E-state index contributed by atoms with van der Waals surface area (Å²) in [6.07, 6.45) is 0. The quantitative estimate of drug-likeness (QED) is 0.902. The Morgan fingerprint density at radius 2 is 2.06 bits per heavy atom. The first kappa shape index (κ1) is 12.3. The van der Waals surface area contributed by atoms with Gasteiger partial charge in [0.05, 0.1) is 10.0 Å². The Hall–Kier alpha value is -1.19. The molecule has 0 radical (unpaired) electrons. The van der Waals surface area contributed by atoms with Crippen molar-refractivity contribution in [2.45, 2.75) is 20.4 Å². The van der Waals surface area contributed by atoms with E-state index in [1.165, 1.54) is 0 Å². The summed E-state index contributed by atoms with van der Waals surface area (Å²) >= 11 is 12.2. The molecule has 0 spiro atoms. The maximum absolute atomic E-state index is 6.17. The van der Waals surface area contributed by atoms with E-state index in [9.17, 15) is 0 Å². The summed E-state index contributed by atoms with van der Waals surface area (Å²) in [4.78, 5) is 4.45. The van der Waals surface area contributed by atoms with Gasteiger partial charge in [0, 0.05) is 12.1 Å². The van der Waals surface area contributed by atoms with Crippen LogP contribution in [0.3, 0.4) is 0 Å². The van der Waals surface area contributed by atoms with Crippen molar-refractivity contribution in [2.75, 3.05) is 5.73 Å². The zero-order valence-corrected chi connectivity index (χ0v) is 11.2. The lowest BCUT2D eigenvalue weighted by atomic mass is 10.1. The number of halogens is 2. The zero-order chi connectivity index (χ0) is 12.6. The molecule has 2 rings (SSSR count). The summed E-state index contributed by atoms with van der Waals surface area (Å²) in [6, 6.07) is 5.45. The minimum atomic E-state index is 0.488. The first-order valence-corrected chi connectivity index (χ1v) is 6.08. The standard InChI is InChI=1S/C12H13Cl2N3/c1-3-17-7(2)16-11(12(17)15)8-5-4-6-9(13)10(8)14/h4-6H,3,15H2,1-2H3. The van der Waals surface area contributed by atoms with Gasteiger partial charge in [0.1, 0.15) is 17.3 Å². The van der Waals surface area contributed by atoms with Crippen molar-refractivity contribution in [3.05, 3.63) is 34.1 Å². The molecule has 90 valence electrons. The Bertz CT molecular complexity index is 561. The van der Waals surface area contributed by atoms with Crippen LogP contribution in [0.2, 0.25) is 10.0 Å². The van der Waals surface area contributed by atoms with Gasteiger partial charge in [-0.05, 0) is 19.9 Å². The normalized spacial score (nSPS) is 10.8. The summed E-state index contributed by atoms with van der Waals surface area (Å²) < 4.78 is 1.94. The summed E-state index contributed by atoms with van der Waals surface area (Å²) in [5.41, 5.74) is 7.53. The monoisotopic (exact) mass is 269 g/mol. The lowest BCUT2D eigenvalue weighted by Crippen LogP contribution is -2.02. The molecule has 0 saturated heterocycles. The van der Waals surface area contributed by atoms with Crippen molar-refractivity contribution in [1.82, 2.24) is 9.55 Å². The van der Waals surface area contributed by atoms with Crippen LogP contribution in [0.1, 0.15) is 12.7 Å². The highest BCUT2D eigenvalue weighted by Crippen LogP contribution is 2.35. The molecule has 0 aliphatic heterocycles. The Kier molecular flexibility index (Phi) is 3.31. The molecule has 0 bridgehead atoms. The minimum absolute atomic E-state index is 0.488. The SMILES string of the molecule is CCn1c(C)nc(-c2cccc(Cl)c2Cl)c1N. The van der Waals surface area contributed by atoms with E-state index < -0.39 is 0 Å². The lowest BCUT2D eigenvalue weighted by molar-refractivity contribution is 0.739. The van der Waals surface area contributed by atoms with Gasteiger partial charge in [-0.2, -0.15) is 0 Å². The van der Waals surface area contributed by atoms with Gasteiger partial charge in [-0.25, -0.2) is 4.98 Å². The smallest absolute Gasteiger partial charge is 0.131 e. The number of anilines is 1. The predicted molar refractivity (Wildman–Crippen MR) is 72.5 cm³/mol. The van der Waals surface area contributed by atoms with Crippen LogP contribution in [-0.4, -0.2) is 9.55 Å². The summed E-state index contributed by atoms with van der Waals surface area (Å²) in [5, 5.41) is 0.994. The van der Waals surface area contributed by atoms with E-state index in [2.05, 4.69) is 4.98 Å². The molecule has 0 aliphatic rings. The average molecular weight is 270 g/mol. The number of aryl methyl sites for hydroxylation is 1. The van der Waals surface area contributed by atoms with Gasteiger partial charge >= 0.3 is 0 Å². The summed E-state index contributed by atoms with van der Waals surface area (Å²) in [5.74, 6) is 1.49. The highest BCUT2D eigenvalue weighted by Gasteiger charge is 2.16. The van der Waals surface area contributed by atoms with Crippen LogP contribution in [0.15, 0.2) is 18.2 Å². The van der Waals surface area contributed by atoms with Gasteiger partial charge in [0.15, 0.2) is 0 Å². The largest absolute Gasteiger partial charge is 0.383 e. The number of hydrogen-bond acceptors (Lipinski definition) is 2. The predicted octanol–water partition coefficient (Wildman–Crippen LogP) is 3.77. The first-order chi connectivity index (χ1) is 8.06. The molecule has 0 unspecified atom stereocenters. The Morgan fingerprint density at radius 1 is 1.35 bits per heavy atom. The van der Waals surface area contributed by atoms with Crippen molar-refractivity contribution in [1.29, 1.82) is 0 Å². The second-order valence-electron chi connectivity index (χ2n) is 3.74. The van der Waals surface area contributed by atoms with Crippen LogP contribution in [0, 0.1) is 6.92 Å². The van der Waals surface area contributed by atoms with Crippen LogP contribution in [0.5, 0.6) is 0 Å². The summed E-state index contributed by atoms with van der Waals surface area (Å²) in [7, 11) is 0. The fourth-order valence-electron chi connectivity index (χ4n) is 1.87.